The second-order valence-electron chi connectivity index (χ2n) is 2.22. The molecule has 3 N–H and O–H groups in total. The van der Waals surface area contributed by atoms with E-state index in [2.05, 4.69) is 11.1 Å². The summed E-state index contributed by atoms with van der Waals surface area (Å²) in [6, 6.07) is 8.68. The average Bonchev–Trinajstić information content (AvgIpc) is 2.34. The van der Waals surface area contributed by atoms with Crippen LogP contribution in [0.3, 0.4) is 0 Å². The summed E-state index contributed by atoms with van der Waals surface area (Å²) < 4.78 is 0. The van der Waals surface area contributed by atoms with Crippen LogP contribution in [-0.4, -0.2) is 4.98 Å². The van der Waals surface area contributed by atoms with Crippen molar-refractivity contribution in [1.29, 1.82) is 0 Å². The Labute approximate surface area is 58.7 Å². The Morgan fingerprint density at radius 1 is 1.50 bits per heavy atom. The maximum absolute atomic E-state index is 5.60. The van der Waals surface area contributed by atoms with E-state index in [-0.39, 0.29) is 0 Å². The molecule has 0 amide bonds. The fourth-order valence-corrected chi connectivity index (χ4v) is 1.03. The highest BCUT2D eigenvalue weighted by Gasteiger charge is 1.95. The van der Waals surface area contributed by atoms with Crippen molar-refractivity contribution >= 4 is 16.6 Å². The zero-order valence-corrected chi connectivity index (χ0v) is 5.39. The summed E-state index contributed by atoms with van der Waals surface area (Å²) in [7, 11) is 0. The largest absolute Gasteiger partial charge is 0.385 e. The lowest BCUT2D eigenvalue weighted by Gasteiger charge is -1.86. The van der Waals surface area contributed by atoms with Crippen LogP contribution in [0.4, 0.5) is 5.82 Å². The Morgan fingerprint density at radius 3 is 3.20 bits per heavy atom. The van der Waals surface area contributed by atoms with Crippen LogP contribution in [0, 0.1) is 6.07 Å². The molecule has 1 heterocycles. The van der Waals surface area contributed by atoms with E-state index in [1.54, 1.807) is 0 Å². The van der Waals surface area contributed by atoms with Crippen LogP contribution in [-0.2, 0) is 0 Å². The average molecular weight is 131 g/mol. The second kappa shape index (κ2) is 1.77. The van der Waals surface area contributed by atoms with Gasteiger partial charge in [0.05, 0.1) is 0 Å². The fraction of sp³-hybridized carbons (Fsp3) is 0. The molecule has 2 rings (SSSR count). The minimum Gasteiger partial charge on any atom is -0.385 e. The van der Waals surface area contributed by atoms with Gasteiger partial charge in [-0.3, -0.25) is 0 Å². The Hall–Kier alpha value is -1.44. The molecule has 0 spiro atoms. The minimum atomic E-state index is 0.715. The van der Waals surface area contributed by atoms with E-state index < -0.39 is 0 Å². The number of aromatic amines is 1. The molecule has 10 heavy (non-hydrogen) atoms. The van der Waals surface area contributed by atoms with Crippen LogP contribution in [0.2, 0.25) is 0 Å². The summed E-state index contributed by atoms with van der Waals surface area (Å²) in [5.41, 5.74) is 5.60. The topological polar surface area (TPSA) is 41.8 Å². The summed E-state index contributed by atoms with van der Waals surface area (Å²) >= 11 is 0. The number of fused-ring (bicyclic) bond motifs is 1. The van der Waals surface area contributed by atoms with Crippen molar-refractivity contribution in [3.05, 3.63) is 30.5 Å². The number of hydrogen-bond acceptors (Lipinski definition) is 1. The van der Waals surface area contributed by atoms with Crippen LogP contribution in [0.5, 0.6) is 0 Å². The second-order valence-corrected chi connectivity index (χ2v) is 2.22. The Bertz CT molecular complexity index is 349. The molecule has 1 radical (unpaired) electrons. The molecule has 2 heteroatoms. The van der Waals surface area contributed by atoms with Crippen LogP contribution in [0.1, 0.15) is 0 Å². The predicted octanol–water partition coefficient (Wildman–Crippen LogP) is 1.55. The first kappa shape index (κ1) is 5.35. The zero-order chi connectivity index (χ0) is 6.97. The van der Waals surface area contributed by atoms with Gasteiger partial charge in [0.2, 0.25) is 0 Å². The van der Waals surface area contributed by atoms with Crippen molar-refractivity contribution in [2.75, 3.05) is 5.73 Å². The number of nitrogens with two attached hydrogens (primary N) is 1. The number of anilines is 1. The van der Waals surface area contributed by atoms with E-state index in [1.165, 1.54) is 0 Å². The summed E-state index contributed by atoms with van der Waals surface area (Å²) in [4.78, 5) is 2.93. The third kappa shape index (κ3) is 0.589. The summed E-state index contributed by atoms with van der Waals surface area (Å²) in [5, 5.41) is 2.18. The SMILES string of the molecule is Nc1[nH]cc2cc[c]cc12. The number of aromatic nitrogens is 1. The van der Waals surface area contributed by atoms with Gasteiger partial charge in [0.25, 0.3) is 0 Å². The van der Waals surface area contributed by atoms with E-state index in [0.717, 1.165) is 10.8 Å². The maximum atomic E-state index is 5.60. The summed E-state index contributed by atoms with van der Waals surface area (Å²) in [6.07, 6.45) is 1.89. The van der Waals surface area contributed by atoms with Crippen molar-refractivity contribution in [3.63, 3.8) is 0 Å². The molecular weight excluding hydrogens is 124 g/mol. The molecule has 0 aliphatic heterocycles. The monoisotopic (exact) mass is 131 g/mol. The molecule has 0 unspecified atom stereocenters. The molecule has 0 fully saturated rings. The lowest BCUT2D eigenvalue weighted by atomic mass is 10.2. The van der Waals surface area contributed by atoms with Crippen LogP contribution >= 0.6 is 0 Å². The minimum absolute atomic E-state index is 0.715. The first-order valence-electron chi connectivity index (χ1n) is 3.10. The first-order chi connectivity index (χ1) is 4.88. The number of nitrogens with one attached hydrogen (secondary N) is 1. The number of H-pyrrole nitrogens is 1. The third-order valence-corrected chi connectivity index (χ3v) is 1.57. The Balaban J connectivity index is 2.93. The van der Waals surface area contributed by atoms with Crippen molar-refractivity contribution < 1.29 is 0 Å². The maximum Gasteiger partial charge on any atom is 0.108 e. The number of nitrogen functional groups attached to an aromatic ring is 1. The van der Waals surface area contributed by atoms with Gasteiger partial charge in [0.15, 0.2) is 0 Å². The van der Waals surface area contributed by atoms with E-state index >= 15 is 0 Å². The predicted molar refractivity (Wildman–Crippen MR) is 41.5 cm³/mol. The highest BCUT2D eigenvalue weighted by atomic mass is 14.8. The Morgan fingerprint density at radius 2 is 2.40 bits per heavy atom. The van der Waals surface area contributed by atoms with E-state index in [0.29, 0.717) is 5.82 Å². The molecule has 1 aromatic carbocycles. The van der Waals surface area contributed by atoms with Gasteiger partial charge in [0, 0.05) is 17.0 Å². The van der Waals surface area contributed by atoms with Gasteiger partial charge in [-0.25, -0.2) is 0 Å². The van der Waals surface area contributed by atoms with Gasteiger partial charge in [-0.05, 0) is 12.1 Å². The smallest absolute Gasteiger partial charge is 0.108 e. The fourth-order valence-electron chi connectivity index (χ4n) is 1.03. The molecule has 0 aliphatic rings. The molecule has 0 atom stereocenters. The molecule has 0 bridgehead atoms. The van der Waals surface area contributed by atoms with Crippen molar-refractivity contribution in [2.45, 2.75) is 0 Å². The molecule has 0 saturated heterocycles. The van der Waals surface area contributed by atoms with E-state index in [9.17, 15) is 0 Å². The number of benzene rings is 1. The lowest BCUT2D eigenvalue weighted by molar-refractivity contribution is 1.43. The summed E-state index contributed by atoms with van der Waals surface area (Å²) in [5.74, 6) is 0.715. The quantitative estimate of drug-likeness (QED) is 0.559. The first-order valence-corrected chi connectivity index (χ1v) is 3.10. The number of rotatable bonds is 0. The van der Waals surface area contributed by atoms with Crippen LogP contribution in [0.15, 0.2) is 24.4 Å². The molecule has 2 aromatic rings. The molecule has 1 aromatic heterocycles. The van der Waals surface area contributed by atoms with Gasteiger partial charge in [-0.2, -0.15) is 0 Å². The molecule has 49 valence electrons. The number of hydrogen-bond donors (Lipinski definition) is 2. The normalized spacial score (nSPS) is 10.4. The van der Waals surface area contributed by atoms with Gasteiger partial charge < -0.3 is 10.7 Å². The van der Waals surface area contributed by atoms with Crippen molar-refractivity contribution in [1.82, 2.24) is 4.98 Å². The standard InChI is InChI=1S/C8H7N2/c9-8-7-4-2-1-3-6(7)5-10-8/h1,3-5,10H,9H2. The molecule has 0 aliphatic carbocycles. The van der Waals surface area contributed by atoms with E-state index in [4.69, 9.17) is 5.73 Å². The van der Waals surface area contributed by atoms with Gasteiger partial charge in [0.1, 0.15) is 5.82 Å². The van der Waals surface area contributed by atoms with E-state index in [1.807, 2.05) is 24.4 Å². The van der Waals surface area contributed by atoms with Crippen molar-refractivity contribution in [2.24, 2.45) is 0 Å². The molecule has 2 nitrogen and oxygen atoms in total. The zero-order valence-electron chi connectivity index (χ0n) is 5.39. The third-order valence-electron chi connectivity index (χ3n) is 1.57. The molecular formula is C8H7N2. The van der Waals surface area contributed by atoms with Crippen LogP contribution in [0.25, 0.3) is 10.8 Å². The lowest BCUT2D eigenvalue weighted by Crippen LogP contribution is -1.82. The highest BCUT2D eigenvalue weighted by molar-refractivity contribution is 5.91. The van der Waals surface area contributed by atoms with Gasteiger partial charge in [-0.1, -0.05) is 12.1 Å². The Kier molecular flexibility index (Phi) is 0.947. The van der Waals surface area contributed by atoms with Gasteiger partial charge >= 0.3 is 0 Å². The van der Waals surface area contributed by atoms with Crippen molar-refractivity contribution in [3.8, 4) is 0 Å². The van der Waals surface area contributed by atoms with Gasteiger partial charge in [-0.15, -0.1) is 0 Å². The van der Waals surface area contributed by atoms with Crippen LogP contribution < -0.4 is 5.73 Å². The molecule has 0 saturated carbocycles. The summed E-state index contributed by atoms with van der Waals surface area (Å²) in [6.45, 7) is 0. The highest BCUT2D eigenvalue weighted by Crippen LogP contribution is 2.18.